The van der Waals surface area contributed by atoms with E-state index in [4.69, 9.17) is 5.41 Å². The van der Waals surface area contributed by atoms with E-state index >= 15 is 0 Å². The summed E-state index contributed by atoms with van der Waals surface area (Å²) < 4.78 is 0. The lowest BCUT2D eigenvalue weighted by Gasteiger charge is -2.10. The molecule has 26 heavy (non-hydrogen) atoms. The molecule has 0 heterocycles. The molecule has 0 radical (unpaired) electrons. The number of allylic oxidation sites excluding steroid dienone is 4. The lowest BCUT2D eigenvalue weighted by molar-refractivity contribution is 0.799. The van der Waals surface area contributed by atoms with E-state index in [-0.39, 0.29) is 0 Å². The maximum Gasteiger partial charge on any atom is 0.0361 e. The van der Waals surface area contributed by atoms with Crippen LogP contribution in [0.1, 0.15) is 85.8 Å². The largest absolute Gasteiger partial charge is 0.305 e. The van der Waals surface area contributed by atoms with Crippen LogP contribution in [0.4, 0.5) is 0 Å². The molecule has 1 aliphatic carbocycles. The van der Waals surface area contributed by atoms with Gasteiger partial charge in [-0.3, -0.25) is 0 Å². The average molecular weight is 356 g/mol. The van der Waals surface area contributed by atoms with Crippen LogP contribution in [0.3, 0.4) is 0 Å². The van der Waals surface area contributed by atoms with E-state index in [9.17, 15) is 0 Å². The summed E-state index contributed by atoms with van der Waals surface area (Å²) in [5, 5.41) is 7.73. The Morgan fingerprint density at radius 1 is 1.04 bits per heavy atom. The van der Waals surface area contributed by atoms with Crippen LogP contribution in [0.25, 0.3) is 5.57 Å². The number of benzene rings is 1. The number of nitrogens with one attached hydrogen (secondary N) is 1. The van der Waals surface area contributed by atoms with Crippen LogP contribution in [0, 0.1) is 11.3 Å². The van der Waals surface area contributed by atoms with Crippen molar-refractivity contribution in [2.24, 2.45) is 5.92 Å². The molecule has 1 aromatic rings. The summed E-state index contributed by atoms with van der Waals surface area (Å²) in [7, 11) is 0. The summed E-state index contributed by atoms with van der Waals surface area (Å²) >= 11 is 0. The molecule has 0 bridgehead atoms. The number of hydrogen-bond acceptors (Lipinski definition) is 1. The van der Waals surface area contributed by atoms with Crippen molar-refractivity contribution in [1.29, 1.82) is 5.41 Å². The fraction of sp³-hybridized carbons (Fsp3) is 0.480. The molecule has 0 atom stereocenters. The SMILES string of the molecule is C=C(C)C.C=CC(=C(C)C)c1ccccc1C(C)=N.CC.CCC1CC1. The van der Waals surface area contributed by atoms with Gasteiger partial charge in [-0.25, -0.2) is 0 Å². The second kappa shape index (κ2) is 15.4. The van der Waals surface area contributed by atoms with Crippen LogP contribution in [-0.4, -0.2) is 5.71 Å². The molecule has 0 aromatic heterocycles. The second-order valence-corrected chi connectivity index (χ2v) is 6.85. The molecule has 2 rings (SSSR count). The summed E-state index contributed by atoms with van der Waals surface area (Å²) in [6.07, 6.45) is 6.30. The van der Waals surface area contributed by atoms with Crippen molar-refractivity contribution in [2.75, 3.05) is 0 Å². The normalized spacial score (nSPS) is 11.2. The van der Waals surface area contributed by atoms with Gasteiger partial charge in [0.15, 0.2) is 0 Å². The van der Waals surface area contributed by atoms with E-state index in [1.54, 1.807) is 0 Å². The Hall–Kier alpha value is -1.89. The van der Waals surface area contributed by atoms with Crippen molar-refractivity contribution in [3.05, 3.63) is 65.8 Å². The summed E-state index contributed by atoms with van der Waals surface area (Å²) in [6.45, 7) is 23.5. The molecular formula is C25H41N. The highest BCUT2D eigenvalue weighted by Crippen LogP contribution is 2.31. The van der Waals surface area contributed by atoms with Gasteiger partial charge in [0.2, 0.25) is 0 Å². The van der Waals surface area contributed by atoms with Crippen molar-refractivity contribution in [1.82, 2.24) is 0 Å². The maximum absolute atomic E-state index is 7.73. The Balaban J connectivity index is 0. The second-order valence-electron chi connectivity index (χ2n) is 6.85. The van der Waals surface area contributed by atoms with Crippen molar-refractivity contribution in [2.45, 2.75) is 74.7 Å². The third kappa shape index (κ3) is 12.5. The summed E-state index contributed by atoms with van der Waals surface area (Å²) in [6, 6.07) is 7.97. The van der Waals surface area contributed by atoms with E-state index in [2.05, 4.69) is 33.9 Å². The third-order valence-electron chi connectivity index (χ3n) is 3.64. The molecule has 1 saturated carbocycles. The molecule has 1 heteroatoms. The summed E-state index contributed by atoms with van der Waals surface area (Å²) in [5.74, 6) is 1.13. The molecule has 146 valence electrons. The zero-order chi connectivity index (χ0) is 20.7. The first kappa shape index (κ1) is 26.3. The number of rotatable bonds is 4. The van der Waals surface area contributed by atoms with Crippen LogP contribution in [0.5, 0.6) is 0 Å². The van der Waals surface area contributed by atoms with Crippen LogP contribution < -0.4 is 0 Å². The first-order valence-electron chi connectivity index (χ1n) is 9.81. The molecule has 1 N–H and O–H groups in total. The predicted octanol–water partition coefficient (Wildman–Crippen LogP) is 8.47. The van der Waals surface area contributed by atoms with Gasteiger partial charge in [-0.05, 0) is 51.7 Å². The fourth-order valence-corrected chi connectivity index (χ4v) is 2.15. The Morgan fingerprint density at radius 2 is 1.46 bits per heavy atom. The van der Waals surface area contributed by atoms with Gasteiger partial charge in [0.05, 0.1) is 0 Å². The van der Waals surface area contributed by atoms with E-state index < -0.39 is 0 Å². The molecule has 1 aliphatic rings. The highest BCUT2D eigenvalue weighted by molar-refractivity contribution is 6.01. The molecular weight excluding hydrogens is 314 g/mol. The zero-order valence-electron chi connectivity index (χ0n) is 18.5. The van der Waals surface area contributed by atoms with Gasteiger partial charge in [0.25, 0.3) is 0 Å². The van der Waals surface area contributed by atoms with Crippen molar-refractivity contribution < 1.29 is 0 Å². The van der Waals surface area contributed by atoms with Gasteiger partial charge < -0.3 is 5.41 Å². The first-order valence-corrected chi connectivity index (χ1v) is 9.81. The van der Waals surface area contributed by atoms with Crippen molar-refractivity contribution in [3.8, 4) is 0 Å². The standard InChI is InChI=1S/C14H17N.C5H10.C4H8.C2H6/c1-5-12(10(2)3)14-9-7-6-8-13(14)11(4)15;1-2-5-3-4-5;1-4(2)3;1-2/h5-9,15H,1H2,2-4H3;5H,2-4H2,1H3;1H2,2-3H3;1-2H3. The quantitative estimate of drug-likeness (QED) is 0.318. The molecule has 0 saturated heterocycles. The van der Waals surface area contributed by atoms with Crippen LogP contribution >= 0.6 is 0 Å². The molecule has 0 unspecified atom stereocenters. The van der Waals surface area contributed by atoms with Crippen molar-refractivity contribution in [3.63, 3.8) is 0 Å². The lowest BCUT2D eigenvalue weighted by atomic mass is 9.94. The lowest BCUT2D eigenvalue weighted by Crippen LogP contribution is -1.98. The summed E-state index contributed by atoms with van der Waals surface area (Å²) in [5.41, 5.74) is 6.18. The highest BCUT2D eigenvalue weighted by Gasteiger charge is 2.17. The maximum atomic E-state index is 7.73. The fourth-order valence-electron chi connectivity index (χ4n) is 2.15. The van der Waals surface area contributed by atoms with Gasteiger partial charge >= 0.3 is 0 Å². The minimum Gasteiger partial charge on any atom is -0.305 e. The predicted molar refractivity (Wildman–Crippen MR) is 122 cm³/mol. The third-order valence-corrected chi connectivity index (χ3v) is 3.64. The summed E-state index contributed by atoms with van der Waals surface area (Å²) in [4.78, 5) is 0. The number of hydrogen-bond donors (Lipinski definition) is 1. The smallest absolute Gasteiger partial charge is 0.0361 e. The van der Waals surface area contributed by atoms with Crippen LogP contribution in [0.15, 0.2) is 54.6 Å². The molecule has 1 nitrogen and oxygen atoms in total. The van der Waals surface area contributed by atoms with Crippen molar-refractivity contribution >= 4 is 11.3 Å². The topological polar surface area (TPSA) is 23.9 Å². The minimum absolute atomic E-state index is 0.589. The highest BCUT2D eigenvalue weighted by atomic mass is 14.4. The van der Waals surface area contributed by atoms with Gasteiger partial charge in [-0.2, -0.15) is 0 Å². The Labute approximate surface area is 163 Å². The molecule has 0 aliphatic heterocycles. The Kier molecular flexibility index (Phi) is 15.6. The van der Waals surface area contributed by atoms with Gasteiger partial charge in [0, 0.05) is 11.3 Å². The Morgan fingerprint density at radius 3 is 1.69 bits per heavy atom. The van der Waals surface area contributed by atoms with E-state index in [0.717, 1.165) is 22.6 Å². The molecule has 1 aromatic carbocycles. The average Bonchev–Trinajstić information content (AvgIpc) is 3.42. The minimum atomic E-state index is 0.589. The van der Waals surface area contributed by atoms with Crippen LogP contribution in [-0.2, 0) is 0 Å². The first-order chi connectivity index (χ1) is 12.2. The molecule has 0 spiro atoms. The van der Waals surface area contributed by atoms with Gasteiger partial charge in [-0.15, -0.1) is 6.58 Å². The van der Waals surface area contributed by atoms with E-state index in [0.29, 0.717) is 5.71 Å². The zero-order valence-corrected chi connectivity index (χ0v) is 18.5. The van der Waals surface area contributed by atoms with Crippen LogP contribution in [0.2, 0.25) is 0 Å². The Bertz CT molecular complexity index is 578. The van der Waals surface area contributed by atoms with E-state index in [1.807, 2.05) is 65.0 Å². The van der Waals surface area contributed by atoms with E-state index in [1.165, 1.54) is 30.4 Å². The van der Waals surface area contributed by atoms with Gasteiger partial charge in [0.1, 0.15) is 0 Å². The van der Waals surface area contributed by atoms with Gasteiger partial charge in [-0.1, -0.05) is 88.1 Å². The monoisotopic (exact) mass is 355 g/mol. The molecule has 1 fully saturated rings. The molecule has 0 amide bonds.